The molecule has 0 saturated heterocycles. The fraction of sp³-hybridized carbons (Fsp3) is 0.250. The number of benzene rings is 1. The van der Waals surface area contributed by atoms with E-state index in [0.29, 0.717) is 23.6 Å². The predicted molar refractivity (Wildman–Crippen MR) is 85.3 cm³/mol. The van der Waals surface area contributed by atoms with Crippen molar-refractivity contribution >= 4 is 20.3 Å². The molecule has 1 atom stereocenters. The second kappa shape index (κ2) is 7.30. The number of aliphatic hydroxyl groups excluding tert-OH is 1. The zero-order valence-corrected chi connectivity index (χ0v) is 13.0. The Bertz CT molecular complexity index is 626. The molecule has 1 aromatic carbocycles. The molecule has 5 heteroatoms. The molecule has 1 unspecified atom stereocenters. The summed E-state index contributed by atoms with van der Waals surface area (Å²) >= 11 is 0. The molecule has 1 heterocycles. The third kappa shape index (κ3) is 4.10. The molecular weight excluding hydrogens is 285 g/mol. The lowest BCUT2D eigenvalue weighted by Crippen LogP contribution is -2.02. The fourth-order valence-corrected chi connectivity index (χ4v) is 2.15. The van der Waals surface area contributed by atoms with E-state index in [0.717, 1.165) is 17.3 Å². The van der Waals surface area contributed by atoms with Crippen LogP contribution in [-0.2, 0) is 6.61 Å². The molecule has 1 aromatic heterocycles. The van der Waals surface area contributed by atoms with Gasteiger partial charge < -0.3 is 9.84 Å². The van der Waals surface area contributed by atoms with Gasteiger partial charge in [-0.3, -0.25) is 4.79 Å². The van der Waals surface area contributed by atoms with Crippen molar-refractivity contribution in [2.24, 2.45) is 0 Å². The van der Waals surface area contributed by atoms with E-state index >= 15 is 0 Å². The quantitative estimate of drug-likeness (QED) is 0.658. The zero-order valence-electron chi connectivity index (χ0n) is 11.9. The molecule has 110 valence electrons. The molecule has 0 aliphatic heterocycles. The molecule has 1 N–H and O–H groups in total. The number of aliphatic hydroxyl groups is 1. The minimum atomic E-state index is -0.0477. The second-order valence-corrected chi connectivity index (χ2v) is 5.30. The van der Waals surface area contributed by atoms with Crippen LogP contribution in [0.25, 0.3) is 0 Å². The van der Waals surface area contributed by atoms with Crippen molar-refractivity contribution in [3.63, 3.8) is 0 Å². The number of rotatable bonds is 6. The van der Waals surface area contributed by atoms with Crippen molar-refractivity contribution in [3.8, 4) is 11.6 Å². The van der Waals surface area contributed by atoms with Crippen molar-refractivity contribution < 1.29 is 14.6 Å². The van der Waals surface area contributed by atoms with Gasteiger partial charge in [0, 0.05) is 24.2 Å². The van der Waals surface area contributed by atoms with E-state index in [1.54, 1.807) is 24.3 Å². The monoisotopic (exact) mass is 303 g/mol. The second-order valence-electron chi connectivity index (χ2n) is 4.68. The van der Waals surface area contributed by atoms with Gasteiger partial charge in [-0.15, -0.1) is 9.24 Å². The van der Waals surface area contributed by atoms with Crippen molar-refractivity contribution in [2.75, 3.05) is 0 Å². The van der Waals surface area contributed by atoms with E-state index in [4.69, 9.17) is 4.74 Å². The van der Waals surface area contributed by atoms with E-state index in [2.05, 4.69) is 14.2 Å². The maximum Gasteiger partial charge on any atom is 0.219 e. The van der Waals surface area contributed by atoms with Crippen LogP contribution in [0.5, 0.6) is 11.6 Å². The van der Waals surface area contributed by atoms with Crippen LogP contribution in [0.15, 0.2) is 36.5 Å². The molecule has 2 rings (SSSR count). The molecule has 0 aliphatic rings. The summed E-state index contributed by atoms with van der Waals surface area (Å²) in [6.07, 6.45) is 2.88. The molecule has 0 radical (unpaired) electrons. The Morgan fingerprint density at radius 1 is 1.33 bits per heavy atom. The Hall–Kier alpha value is -1.77. The van der Waals surface area contributed by atoms with E-state index < -0.39 is 0 Å². The average Bonchev–Trinajstić information content (AvgIpc) is 2.50. The summed E-state index contributed by atoms with van der Waals surface area (Å²) in [6.45, 7) is 1.92. The average molecular weight is 303 g/mol. The summed E-state index contributed by atoms with van der Waals surface area (Å²) in [6, 6.07) is 8.82. The Kier molecular flexibility index (Phi) is 5.43. The lowest BCUT2D eigenvalue weighted by atomic mass is 10.1. The largest absolute Gasteiger partial charge is 0.439 e. The van der Waals surface area contributed by atoms with E-state index in [1.807, 2.05) is 13.0 Å². The highest BCUT2D eigenvalue weighted by atomic mass is 31.0. The Morgan fingerprint density at radius 2 is 2.14 bits per heavy atom. The van der Waals surface area contributed by atoms with Crippen molar-refractivity contribution in [3.05, 3.63) is 47.7 Å². The summed E-state index contributed by atoms with van der Waals surface area (Å²) in [7, 11) is 2.56. The summed E-state index contributed by atoms with van der Waals surface area (Å²) in [5.74, 6) is 1.11. The van der Waals surface area contributed by atoms with Crippen molar-refractivity contribution in [2.45, 2.75) is 26.4 Å². The number of nitrogens with zero attached hydrogens (tertiary/aromatic N) is 1. The lowest BCUT2D eigenvalue weighted by molar-refractivity contribution is 0.0981. The van der Waals surface area contributed by atoms with Gasteiger partial charge >= 0.3 is 0 Å². The Morgan fingerprint density at radius 3 is 2.76 bits per heavy atom. The summed E-state index contributed by atoms with van der Waals surface area (Å²) in [5, 5.41) is 10.2. The Balaban J connectivity index is 2.11. The smallest absolute Gasteiger partial charge is 0.219 e. The number of carbonyl (C=O) groups excluding carboxylic acids is 1. The number of ether oxygens (including phenoxy) is 1. The molecule has 0 spiro atoms. The van der Waals surface area contributed by atoms with E-state index in [9.17, 15) is 9.90 Å². The van der Waals surface area contributed by atoms with Crippen LogP contribution in [0.3, 0.4) is 0 Å². The number of carbonyl (C=O) groups is 1. The summed E-state index contributed by atoms with van der Waals surface area (Å²) < 4.78 is 5.63. The molecule has 2 aromatic rings. The first kappa shape index (κ1) is 15.6. The molecule has 0 aliphatic carbocycles. The standard InChI is InChI=1S/C16H18NO3P/c1-2-3-14(19)11-4-7-16(17-9-11)20-13-5-6-15(21)12(8-13)10-18/h4-9,18H,2-3,10,21H2,1H3. The summed E-state index contributed by atoms with van der Waals surface area (Å²) in [4.78, 5) is 15.9. The first-order chi connectivity index (χ1) is 10.1. The van der Waals surface area contributed by atoms with Crippen LogP contribution in [0.4, 0.5) is 0 Å². The third-order valence-electron chi connectivity index (χ3n) is 3.04. The van der Waals surface area contributed by atoms with Crippen molar-refractivity contribution in [1.29, 1.82) is 0 Å². The molecule has 21 heavy (non-hydrogen) atoms. The number of ketones is 1. The van der Waals surface area contributed by atoms with Gasteiger partial charge in [0.2, 0.25) is 5.88 Å². The van der Waals surface area contributed by atoms with Crippen LogP contribution in [0.2, 0.25) is 0 Å². The normalized spacial score (nSPS) is 10.4. The molecule has 0 bridgehead atoms. The maximum absolute atomic E-state index is 11.7. The minimum Gasteiger partial charge on any atom is -0.439 e. The van der Waals surface area contributed by atoms with Crippen molar-refractivity contribution in [1.82, 2.24) is 4.98 Å². The number of Topliss-reactive ketones (excluding diaryl/α,β-unsaturated/α-hetero) is 1. The number of hydrogen-bond donors (Lipinski definition) is 1. The van der Waals surface area contributed by atoms with Gasteiger partial charge in [0.1, 0.15) is 5.75 Å². The third-order valence-corrected chi connectivity index (χ3v) is 3.61. The van der Waals surface area contributed by atoms with E-state index in [1.165, 1.54) is 6.20 Å². The maximum atomic E-state index is 11.7. The van der Waals surface area contributed by atoms with Gasteiger partial charge in [0.25, 0.3) is 0 Å². The zero-order chi connectivity index (χ0) is 15.2. The van der Waals surface area contributed by atoms with Crippen LogP contribution in [0.1, 0.15) is 35.7 Å². The molecule has 0 amide bonds. The first-order valence-electron chi connectivity index (χ1n) is 6.80. The lowest BCUT2D eigenvalue weighted by Gasteiger charge is -2.08. The van der Waals surface area contributed by atoms with Crippen LogP contribution >= 0.6 is 9.24 Å². The topological polar surface area (TPSA) is 59.4 Å². The van der Waals surface area contributed by atoms with Crippen LogP contribution in [0, 0.1) is 0 Å². The first-order valence-corrected chi connectivity index (χ1v) is 7.38. The molecule has 0 saturated carbocycles. The minimum absolute atomic E-state index is 0.0477. The van der Waals surface area contributed by atoms with Gasteiger partial charge in [-0.05, 0) is 35.5 Å². The predicted octanol–water partition coefficient (Wildman–Crippen LogP) is 2.85. The van der Waals surface area contributed by atoms with Gasteiger partial charge in [-0.2, -0.15) is 0 Å². The molecule has 4 nitrogen and oxygen atoms in total. The molecule has 0 fully saturated rings. The highest BCUT2D eigenvalue weighted by Gasteiger charge is 2.07. The number of pyridine rings is 1. The van der Waals surface area contributed by atoms with Gasteiger partial charge in [-0.1, -0.05) is 13.0 Å². The molecular formula is C16H18NO3P. The SMILES string of the molecule is CCCC(=O)c1ccc(Oc2ccc(P)c(CO)c2)nc1. The fourth-order valence-electron chi connectivity index (χ4n) is 1.88. The number of hydrogen-bond acceptors (Lipinski definition) is 4. The highest BCUT2D eigenvalue weighted by molar-refractivity contribution is 7.27. The highest BCUT2D eigenvalue weighted by Crippen LogP contribution is 2.21. The van der Waals surface area contributed by atoms with Gasteiger partial charge in [-0.25, -0.2) is 4.98 Å². The Labute approximate surface area is 126 Å². The van der Waals surface area contributed by atoms with Crippen LogP contribution < -0.4 is 10.0 Å². The number of aromatic nitrogens is 1. The van der Waals surface area contributed by atoms with E-state index in [-0.39, 0.29) is 12.4 Å². The summed E-state index contributed by atoms with van der Waals surface area (Å²) in [5.41, 5.74) is 1.38. The van der Waals surface area contributed by atoms with Gasteiger partial charge in [0.05, 0.1) is 6.61 Å². The van der Waals surface area contributed by atoms with Gasteiger partial charge in [0.15, 0.2) is 5.78 Å². The van der Waals surface area contributed by atoms with Crippen LogP contribution in [-0.4, -0.2) is 15.9 Å².